The Morgan fingerprint density at radius 3 is 2.78 bits per heavy atom. The van der Waals surface area contributed by atoms with Gasteiger partial charge in [-0.25, -0.2) is 13.8 Å². The lowest BCUT2D eigenvalue weighted by Gasteiger charge is -2.13. The minimum atomic E-state index is -0.958. The molecule has 0 aliphatic heterocycles. The second-order valence-electron chi connectivity index (χ2n) is 5.41. The highest BCUT2D eigenvalue weighted by molar-refractivity contribution is 5.91. The van der Waals surface area contributed by atoms with Crippen LogP contribution < -0.4 is 11.1 Å². The van der Waals surface area contributed by atoms with E-state index in [2.05, 4.69) is 10.3 Å². The smallest absolute Gasteiger partial charge is 0.273 e. The third kappa shape index (κ3) is 4.13. The van der Waals surface area contributed by atoms with Gasteiger partial charge in [0.1, 0.15) is 6.26 Å². The first-order chi connectivity index (χ1) is 10.9. The van der Waals surface area contributed by atoms with Crippen molar-refractivity contribution in [2.75, 3.05) is 0 Å². The summed E-state index contributed by atoms with van der Waals surface area (Å²) in [6.45, 7) is 4.02. The molecule has 2 atom stereocenters. The molecule has 2 unspecified atom stereocenters. The van der Waals surface area contributed by atoms with Crippen LogP contribution in [0.4, 0.5) is 8.78 Å². The van der Waals surface area contributed by atoms with Gasteiger partial charge >= 0.3 is 0 Å². The van der Waals surface area contributed by atoms with Crippen molar-refractivity contribution in [3.8, 4) is 0 Å². The first-order valence-corrected chi connectivity index (χ1v) is 7.35. The van der Waals surface area contributed by atoms with Crippen LogP contribution in [0.3, 0.4) is 0 Å². The minimum Gasteiger partial charge on any atom is -0.446 e. The second kappa shape index (κ2) is 7.32. The predicted octanol–water partition coefficient (Wildman–Crippen LogP) is 2.93. The molecular weight excluding hydrogens is 304 g/mol. The van der Waals surface area contributed by atoms with Crippen LogP contribution in [0.1, 0.15) is 48.3 Å². The topological polar surface area (TPSA) is 81.1 Å². The molecule has 7 heteroatoms. The number of hydrogen-bond donors (Lipinski definition) is 2. The van der Waals surface area contributed by atoms with Crippen molar-refractivity contribution in [3.63, 3.8) is 0 Å². The standard InChI is InChI=1S/C16H19F2N3O2/c1-3-9(2)14(19)16-21-13(8-23-16)15(22)20-7-10-4-5-11(17)12(18)6-10/h4-6,8-9,14H,3,7,19H2,1-2H3,(H,20,22). The lowest BCUT2D eigenvalue weighted by Crippen LogP contribution is -2.24. The molecule has 23 heavy (non-hydrogen) atoms. The second-order valence-corrected chi connectivity index (χ2v) is 5.41. The van der Waals surface area contributed by atoms with Gasteiger partial charge < -0.3 is 15.5 Å². The van der Waals surface area contributed by atoms with Crippen LogP contribution in [0.2, 0.25) is 0 Å². The van der Waals surface area contributed by atoms with Crippen LogP contribution in [0.15, 0.2) is 28.9 Å². The largest absolute Gasteiger partial charge is 0.446 e. The van der Waals surface area contributed by atoms with E-state index in [-0.39, 0.29) is 24.2 Å². The molecule has 1 aromatic carbocycles. The molecule has 0 bridgehead atoms. The number of halogens is 2. The average Bonchev–Trinajstić information content (AvgIpc) is 3.04. The van der Waals surface area contributed by atoms with Gasteiger partial charge in [0.25, 0.3) is 5.91 Å². The number of nitrogens with one attached hydrogen (secondary N) is 1. The Morgan fingerprint density at radius 1 is 1.39 bits per heavy atom. The summed E-state index contributed by atoms with van der Waals surface area (Å²) >= 11 is 0. The van der Waals surface area contributed by atoms with E-state index in [9.17, 15) is 13.6 Å². The quantitative estimate of drug-likeness (QED) is 0.856. The predicted molar refractivity (Wildman–Crippen MR) is 80.4 cm³/mol. The molecule has 5 nitrogen and oxygen atoms in total. The summed E-state index contributed by atoms with van der Waals surface area (Å²) < 4.78 is 31.2. The Hall–Kier alpha value is -2.28. The van der Waals surface area contributed by atoms with E-state index >= 15 is 0 Å². The fraction of sp³-hybridized carbons (Fsp3) is 0.375. The van der Waals surface area contributed by atoms with Gasteiger partial charge in [-0.05, 0) is 23.6 Å². The molecule has 1 heterocycles. The van der Waals surface area contributed by atoms with Gasteiger partial charge in [0.05, 0.1) is 6.04 Å². The summed E-state index contributed by atoms with van der Waals surface area (Å²) in [7, 11) is 0. The number of hydrogen-bond acceptors (Lipinski definition) is 4. The summed E-state index contributed by atoms with van der Waals surface area (Å²) in [5.74, 6) is -1.88. The van der Waals surface area contributed by atoms with Gasteiger partial charge in [0, 0.05) is 6.54 Å². The maximum absolute atomic E-state index is 13.1. The Labute approximate surface area is 132 Å². The summed E-state index contributed by atoms with van der Waals surface area (Å²) in [5, 5.41) is 2.57. The Kier molecular flexibility index (Phi) is 5.44. The lowest BCUT2D eigenvalue weighted by molar-refractivity contribution is 0.0945. The zero-order valence-corrected chi connectivity index (χ0v) is 13.0. The molecule has 1 amide bonds. The van der Waals surface area contributed by atoms with Crippen molar-refractivity contribution >= 4 is 5.91 Å². The zero-order chi connectivity index (χ0) is 17.0. The number of aromatic nitrogens is 1. The molecule has 0 spiro atoms. The van der Waals surface area contributed by atoms with Crippen LogP contribution in [-0.2, 0) is 6.54 Å². The highest BCUT2D eigenvalue weighted by atomic mass is 19.2. The van der Waals surface area contributed by atoms with Gasteiger partial charge in [-0.3, -0.25) is 4.79 Å². The number of carbonyl (C=O) groups is 1. The van der Waals surface area contributed by atoms with Crippen molar-refractivity contribution in [2.24, 2.45) is 11.7 Å². The summed E-state index contributed by atoms with van der Waals surface area (Å²) in [4.78, 5) is 16.1. The first kappa shape index (κ1) is 17.1. The fourth-order valence-electron chi connectivity index (χ4n) is 1.96. The summed E-state index contributed by atoms with van der Waals surface area (Å²) in [6, 6.07) is 3.05. The molecule has 0 saturated carbocycles. The highest BCUT2D eigenvalue weighted by Crippen LogP contribution is 2.21. The number of nitrogens with zero attached hydrogens (tertiary/aromatic N) is 1. The van der Waals surface area contributed by atoms with Crippen LogP contribution in [0, 0.1) is 17.6 Å². The van der Waals surface area contributed by atoms with E-state index in [0.717, 1.165) is 18.6 Å². The van der Waals surface area contributed by atoms with Gasteiger partial charge in [0.15, 0.2) is 17.3 Å². The van der Waals surface area contributed by atoms with E-state index in [0.29, 0.717) is 11.5 Å². The molecule has 1 aromatic heterocycles. The third-order valence-electron chi connectivity index (χ3n) is 3.73. The first-order valence-electron chi connectivity index (χ1n) is 7.35. The van der Waals surface area contributed by atoms with Crippen LogP contribution in [0.5, 0.6) is 0 Å². The van der Waals surface area contributed by atoms with Crippen LogP contribution in [-0.4, -0.2) is 10.9 Å². The molecule has 2 aromatic rings. The van der Waals surface area contributed by atoms with E-state index in [1.807, 2.05) is 13.8 Å². The van der Waals surface area contributed by atoms with E-state index < -0.39 is 17.5 Å². The fourth-order valence-corrected chi connectivity index (χ4v) is 1.96. The van der Waals surface area contributed by atoms with Crippen LogP contribution >= 0.6 is 0 Å². The molecular formula is C16H19F2N3O2. The molecule has 0 aliphatic rings. The number of rotatable bonds is 6. The number of carbonyl (C=O) groups excluding carboxylic acids is 1. The Morgan fingerprint density at radius 2 is 2.13 bits per heavy atom. The number of benzene rings is 1. The molecule has 3 N–H and O–H groups in total. The van der Waals surface area contributed by atoms with Crippen molar-refractivity contribution in [1.82, 2.24) is 10.3 Å². The van der Waals surface area contributed by atoms with Crippen LogP contribution in [0.25, 0.3) is 0 Å². The maximum atomic E-state index is 13.1. The molecule has 0 fully saturated rings. The number of nitrogens with two attached hydrogens (primary N) is 1. The number of amides is 1. The minimum absolute atomic E-state index is 0.0512. The van der Waals surface area contributed by atoms with Gasteiger partial charge in [-0.2, -0.15) is 0 Å². The molecule has 0 aliphatic carbocycles. The van der Waals surface area contributed by atoms with E-state index in [4.69, 9.17) is 10.2 Å². The van der Waals surface area contributed by atoms with Gasteiger partial charge in [0.2, 0.25) is 5.89 Å². The summed E-state index contributed by atoms with van der Waals surface area (Å²) in [5.41, 5.74) is 6.53. The van der Waals surface area contributed by atoms with Crippen molar-refractivity contribution in [3.05, 3.63) is 53.2 Å². The number of oxazole rings is 1. The van der Waals surface area contributed by atoms with Crippen molar-refractivity contribution in [1.29, 1.82) is 0 Å². The normalized spacial score (nSPS) is 13.6. The van der Waals surface area contributed by atoms with Gasteiger partial charge in [-0.15, -0.1) is 0 Å². The molecule has 124 valence electrons. The zero-order valence-electron chi connectivity index (χ0n) is 13.0. The van der Waals surface area contributed by atoms with Crippen molar-refractivity contribution in [2.45, 2.75) is 32.9 Å². The summed E-state index contributed by atoms with van der Waals surface area (Å²) in [6.07, 6.45) is 2.10. The third-order valence-corrected chi connectivity index (χ3v) is 3.73. The van der Waals surface area contributed by atoms with Gasteiger partial charge in [-0.1, -0.05) is 26.3 Å². The SMILES string of the molecule is CCC(C)C(N)c1nc(C(=O)NCc2ccc(F)c(F)c2)co1. The van der Waals surface area contributed by atoms with E-state index in [1.165, 1.54) is 12.3 Å². The molecule has 0 saturated heterocycles. The monoisotopic (exact) mass is 323 g/mol. The molecule has 0 radical (unpaired) electrons. The highest BCUT2D eigenvalue weighted by Gasteiger charge is 2.20. The van der Waals surface area contributed by atoms with E-state index in [1.54, 1.807) is 0 Å². The maximum Gasteiger partial charge on any atom is 0.273 e. The molecule has 2 rings (SSSR count). The van der Waals surface area contributed by atoms with Crippen molar-refractivity contribution < 1.29 is 18.0 Å². The Balaban J connectivity index is 1.98. The average molecular weight is 323 g/mol. The Bertz CT molecular complexity index is 688. The lowest BCUT2D eigenvalue weighted by atomic mass is 10.0.